The van der Waals surface area contributed by atoms with Crippen molar-refractivity contribution in [1.29, 1.82) is 0 Å². The molecule has 8 heteroatoms. The van der Waals surface area contributed by atoms with E-state index < -0.39 is 30.1 Å². The minimum atomic E-state index is -1.54. The van der Waals surface area contributed by atoms with E-state index in [2.05, 4.69) is 5.32 Å². The van der Waals surface area contributed by atoms with Crippen LogP contribution in [-0.2, 0) is 25.6 Å². The van der Waals surface area contributed by atoms with E-state index in [4.69, 9.17) is 9.47 Å². The van der Waals surface area contributed by atoms with Crippen molar-refractivity contribution in [3.8, 4) is 11.1 Å². The lowest BCUT2D eigenvalue weighted by Gasteiger charge is -2.34. The highest BCUT2D eigenvalue weighted by Gasteiger charge is 2.40. The number of nitrogens with one attached hydrogen (secondary N) is 1. The predicted octanol–water partition coefficient (Wildman–Crippen LogP) is 4.04. The summed E-state index contributed by atoms with van der Waals surface area (Å²) in [5.41, 5.74) is 3.58. The molecule has 3 aromatic rings. The third kappa shape index (κ3) is 5.81. The van der Waals surface area contributed by atoms with Gasteiger partial charge in [-0.15, -0.1) is 0 Å². The van der Waals surface area contributed by atoms with Crippen LogP contribution in [0.15, 0.2) is 78.9 Å². The van der Waals surface area contributed by atoms with E-state index in [0.29, 0.717) is 0 Å². The molecule has 0 bridgehead atoms. The van der Waals surface area contributed by atoms with Crippen molar-refractivity contribution < 1.29 is 29.0 Å². The third-order valence-electron chi connectivity index (χ3n) is 6.46. The molecule has 2 N–H and O–H groups in total. The number of benzene rings is 3. The standard InChI is InChI=1S/C29H30N2O6/c1-29(19-36-2,27(34)31(17-26(32)33)16-20-10-4-3-5-11-20)30-28(35)37-18-25-23-14-8-6-12-21(23)22-13-7-9-15-24(22)25/h3-15,25H,16-19H2,1-2H3,(H,30,35)(H,32,33). The van der Waals surface area contributed by atoms with E-state index in [1.807, 2.05) is 66.7 Å². The molecule has 192 valence electrons. The summed E-state index contributed by atoms with van der Waals surface area (Å²) in [7, 11) is 1.41. The molecule has 3 aromatic carbocycles. The van der Waals surface area contributed by atoms with E-state index >= 15 is 0 Å². The summed E-state index contributed by atoms with van der Waals surface area (Å²) in [5, 5.41) is 12.1. The summed E-state index contributed by atoms with van der Waals surface area (Å²) >= 11 is 0. The number of hydrogen-bond donors (Lipinski definition) is 2. The van der Waals surface area contributed by atoms with Crippen LogP contribution in [-0.4, -0.2) is 60.4 Å². The Morgan fingerprint density at radius 2 is 1.49 bits per heavy atom. The Hall–Kier alpha value is -4.17. The van der Waals surface area contributed by atoms with Crippen molar-refractivity contribution in [3.63, 3.8) is 0 Å². The number of rotatable bonds is 10. The molecule has 1 atom stereocenters. The number of carboxylic acids is 1. The summed E-state index contributed by atoms with van der Waals surface area (Å²) < 4.78 is 10.9. The summed E-state index contributed by atoms with van der Waals surface area (Å²) in [6.07, 6.45) is -0.787. The fourth-order valence-corrected chi connectivity index (χ4v) is 4.82. The Balaban J connectivity index is 1.48. The second-order valence-corrected chi connectivity index (χ2v) is 9.26. The predicted molar refractivity (Wildman–Crippen MR) is 138 cm³/mol. The average molecular weight is 503 g/mol. The minimum absolute atomic E-state index is 0.0671. The maximum Gasteiger partial charge on any atom is 0.408 e. The lowest BCUT2D eigenvalue weighted by molar-refractivity contribution is -0.149. The number of alkyl carbamates (subject to hydrolysis) is 1. The van der Waals surface area contributed by atoms with Gasteiger partial charge in [-0.3, -0.25) is 9.59 Å². The lowest BCUT2D eigenvalue weighted by Crippen LogP contribution is -2.61. The van der Waals surface area contributed by atoms with Crippen LogP contribution in [0.2, 0.25) is 0 Å². The Morgan fingerprint density at radius 1 is 0.919 bits per heavy atom. The zero-order chi connectivity index (χ0) is 26.4. The molecule has 0 radical (unpaired) electrons. The normalized spacial score (nSPS) is 13.7. The van der Waals surface area contributed by atoms with Gasteiger partial charge in [0, 0.05) is 19.6 Å². The molecule has 8 nitrogen and oxygen atoms in total. The Kier molecular flexibility index (Phi) is 7.89. The molecule has 1 unspecified atom stereocenters. The highest BCUT2D eigenvalue weighted by atomic mass is 16.5. The Labute approximate surface area is 215 Å². The Bertz CT molecular complexity index is 1230. The minimum Gasteiger partial charge on any atom is -0.480 e. The molecule has 0 saturated heterocycles. The fourth-order valence-electron chi connectivity index (χ4n) is 4.82. The number of nitrogens with zero attached hydrogens (tertiary/aromatic N) is 1. The number of carbonyl (C=O) groups excluding carboxylic acids is 2. The van der Waals surface area contributed by atoms with Crippen LogP contribution in [0.25, 0.3) is 11.1 Å². The third-order valence-corrected chi connectivity index (χ3v) is 6.46. The van der Waals surface area contributed by atoms with Crippen LogP contribution in [0.1, 0.15) is 29.5 Å². The van der Waals surface area contributed by atoms with Crippen LogP contribution in [0.3, 0.4) is 0 Å². The van der Waals surface area contributed by atoms with Gasteiger partial charge in [0.1, 0.15) is 18.7 Å². The lowest BCUT2D eigenvalue weighted by atomic mass is 9.98. The highest BCUT2D eigenvalue weighted by molar-refractivity contribution is 5.91. The molecule has 0 heterocycles. The van der Waals surface area contributed by atoms with Crippen LogP contribution in [0.5, 0.6) is 0 Å². The van der Waals surface area contributed by atoms with Gasteiger partial charge in [-0.1, -0.05) is 78.9 Å². The van der Waals surface area contributed by atoms with Gasteiger partial charge in [-0.2, -0.15) is 0 Å². The first kappa shape index (κ1) is 25.9. The molecule has 37 heavy (non-hydrogen) atoms. The first-order valence-corrected chi connectivity index (χ1v) is 12.0. The van der Waals surface area contributed by atoms with E-state index in [9.17, 15) is 19.5 Å². The average Bonchev–Trinajstić information content (AvgIpc) is 3.21. The zero-order valence-electron chi connectivity index (χ0n) is 20.8. The summed E-state index contributed by atoms with van der Waals surface area (Å²) in [5.74, 6) is -1.89. The van der Waals surface area contributed by atoms with Gasteiger partial charge in [0.15, 0.2) is 0 Å². The Morgan fingerprint density at radius 3 is 2.05 bits per heavy atom. The smallest absolute Gasteiger partial charge is 0.408 e. The molecule has 0 spiro atoms. The van der Waals surface area contributed by atoms with E-state index in [-0.39, 0.29) is 25.7 Å². The maximum atomic E-state index is 13.5. The van der Waals surface area contributed by atoms with Crippen LogP contribution >= 0.6 is 0 Å². The van der Waals surface area contributed by atoms with Gasteiger partial charge < -0.3 is 24.8 Å². The topological polar surface area (TPSA) is 105 Å². The number of ether oxygens (including phenoxy) is 2. The molecule has 2 amide bonds. The summed E-state index contributed by atoms with van der Waals surface area (Å²) in [6.45, 7) is 0.956. The molecule has 1 aliphatic carbocycles. The summed E-state index contributed by atoms with van der Waals surface area (Å²) in [6, 6.07) is 25.1. The molecule has 0 fully saturated rings. The molecule has 4 rings (SSSR count). The quantitative estimate of drug-likeness (QED) is 0.434. The van der Waals surface area contributed by atoms with E-state index in [1.165, 1.54) is 18.9 Å². The summed E-state index contributed by atoms with van der Waals surface area (Å²) in [4.78, 5) is 39.2. The van der Waals surface area contributed by atoms with Crippen molar-refractivity contribution in [2.24, 2.45) is 0 Å². The maximum absolute atomic E-state index is 13.5. The molecular weight excluding hydrogens is 472 g/mol. The number of carboxylic acid groups (broad SMARTS) is 1. The second-order valence-electron chi connectivity index (χ2n) is 9.26. The van der Waals surface area contributed by atoms with Crippen molar-refractivity contribution in [2.75, 3.05) is 26.9 Å². The van der Waals surface area contributed by atoms with Gasteiger partial charge in [-0.25, -0.2) is 4.79 Å². The van der Waals surface area contributed by atoms with Crippen molar-refractivity contribution in [3.05, 3.63) is 95.6 Å². The van der Waals surface area contributed by atoms with Gasteiger partial charge in [0.05, 0.1) is 6.61 Å². The number of carbonyl (C=O) groups is 3. The largest absolute Gasteiger partial charge is 0.480 e. The second kappa shape index (κ2) is 11.3. The molecule has 0 aromatic heterocycles. The number of amides is 2. The van der Waals surface area contributed by atoms with Crippen molar-refractivity contribution in [1.82, 2.24) is 10.2 Å². The molecule has 0 aliphatic heterocycles. The monoisotopic (exact) mass is 502 g/mol. The number of fused-ring (bicyclic) bond motifs is 3. The molecule has 1 aliphatic rings. The van der Waals surface area contributed by atoms with E-state index in [1.54, 1.807) is 12.1 Å². The van der Waals surface area contributed by atoms with Gasteiger partial charge in [0.2, 0.25) is 0 Å². The van der Waals surface area contributed by atoms with Crippen LogP contribution < -0.4 is 5.32 Å². The van der Waals surface area contributed by atoms with E-state index in [0.717, 1.165) is 27.8 Å². The fraction of sp³-hybridized carbons (Fsp3) is 0.276. The van der Waals surface area contributed by atoms with Crippen LogP contribution in [0, 0.1) is 0 Å². The van der Waals surface area contributed by atoms with Crippen molar-refractivity contribution in [2.45, 2.75) is 24.9 Å². The SMILES string of the molecule is COCC(C)(NC(=O)OCC1c2ccccc2-c2ccccc21)C(=O)N(CC(=O)O)Cc1ccccc1. The van der Waals surface area contributed by atoms with Crippen LogP contribution in [0.4, 0.5) is 4.79 Å². The van der Waals surface area contributed by atoms with Gasteiger partial charge in [-0.05, 0) is 34.7 Å². The first-order chi connectivity index (χ1) is 17.8. The highest BCUT2D eigenvalue weighted by Crippen LogP contribution is 2.44. The van der Waals surface area contributed by atoms with Gasteiger partial charge >= 0.3 is 12.1 Å². The first-order valence-electron chi connectivity index (χ1n) is 12.0. The van der Waals surface area contributed by atoms with Gasteiger partial charge in [0.25, 0.3) is 5.91 Å². The van der Waals surface area contributed by atoms with Crippen molar-refractivity contribution >= 4 is 18.0 Å². The molecule has 0 saturated carbocycles. The zero-order valence-corrected chi connectivity index (χ0v) is 20.8. The number of hydrogen-bond acceptors (Lipinski definition) is 5. The molecular formula is C29H30N2O6. The number of aliphatic carboxylic acids is 1. The number of methoxy groups -OCH3 is 1.